The molecule has 1 fully saturated rings. The van der Waals surface area contributed by atoms with Crippen molar-refractivity contribution in [3.63, 3.8) is 0 Å². The van der Waals surface area contributed by atoms with Gasteiger partial charge >= 0.3 is 11.9 Å². The van der Waals surface area contributed by atoms with Crippen LogP contribution in [0.4, 0.5) is 0 Å². The molecule has 6 atom stereocenters. The van der Waals surface area contributed by atoms with Gasteiger partial charge < -0.3 is 35.2 Å². The summed E-state index contributed by atoms with van der Waals surface area (Å²) in [7, 11) is 3.49. The van der Waals surface area contributed by atoms with Crippen molar-refractivity contribution in [2.24, 2.45) is 11.8 Å². The summed E-state index contributed by atoms with van der Waals surface area (Å²) in [6.45, 7) is 12.3. The van der Waals surface area contributed by atoms with Gasteiger partial charge in [-0.25, -0.2) is 4.98 Å². The van der Waals surface area contributed by atoms with Gasteiger partial charge in [-0.05, 0) is 74.9 Å². The number of esters is 1. The van der Waals surface area contributed by atoms with Gasteiger partial charge in [0.2, 0.25) is 11.8 Å². The van der Waals surface area contributed by atoms with Crippen molar-refractivity contribution >= 4 is 41.0 Å². The summed E-state index contributed by atoms with van der Waals surface area (Å²) in [6.07, 6.45) is 2.73. The van der Waals surface area contributed by atoms with Crippen LogP contribution in [0, 0.1) is 18.8 Å². The van der Waals surface area contributed by atoms with Crippen molar-refractivity contribution in [2.45, 2.75) is 110 Å². The number of ether oxygens (including phenoxy) is 2. The summed E-state index contributed by atoms with van der Waals surface area (Å²) in [5.74, 6) is -3.82. The number of nitrogens with zero attached hydrogens (tertiary/aromatic N) is 3. The van der Waals surface area contributed by atoms with Crippen LogP contribution in [0.25, 0.3) is 0 Å². The molecule has 54 heavy (non-hydrogen) atoms. The van der Waals surface area contributed by atoms with Crippen molar-refractivity contribution in [1.29, 1.82) is 0 Å². The Balaban J connectivity index is 1.83. The zero-order valence-corrected chi connectivity index (χ0v) is 33.7. The predicted molar refractivity (Wildman–Crippen MR) is 205 cm³/mol. The lowest BCUT2D eigenvalue weighted by atomic mass is 9.92. The Morgan fingerprint density at radius 2 is 1.87 bits per heavy atom. The van der Waals surface area contributed by atoms with Crippen molar-refractivity contribution in [3.05, 3.63) is 45.4 Å². The molecule has 3 unspecified atom stereocenters. The van der Waals surface area contributed by atoms with Crippen LogP contribution in [0.15, 0.2) is 23.6 Å². The summed E-state index contributed by atoms with van der Waals surface area (Å²) < 4.78 is 11.2. The summed E-state index contributed by atoms with van der Waals surface area (Å²) in [6, 6.07) is 3.00. The van der Waals surface area contributed by atoms with E-state index in [2.05, 4.69) is 15.6 Å². The Kier molecular flexibility index (Phi) is 17.3. The lowest BCUT2D eigenvalue weighted by Gasteiger charge is -2.40. The highest BCUT2D eigenvalue weighted by Gasteiger charge is 2.38. The normalized spacial score (nSPS) is 17.5. The Bertz CT molecular complexity index is 1580. The summed E-state index contributed by atoms with van der Waals surface area (Å²) in [4.78, 5) is 74.1. The largest absolute Gasteiger partial charge is 0.508 e. The molecule has 3 amide bonds. The number of rotatable bonds is 20. The van der Waals surface area contributed by atoms with Crippen LogP contribution in [0.2, 0.25) is 0 Å². The van der Waals surface area contributed by atoms with Crippen LogP contribution in [0.3, 0.4) is 0 Å². The number of benzene rings is 1. The third kappa shape index (κ3) is 12.2. The molecule has 2 aromatic rings. The number of thiazole rings is 1. The number of piperidine rings is 1. The first-order valence-corrected chi connectivity index (χ1v) is 19.7. The molecule has 15 heteroatoms. The van der Waals surface area contributed by atoms with E-state index in [0.29, 0.717) is 22.6 Å². The van der Waals surface area contributed by atoms with Crippen molar-refractivity contribution in [3.8, 4) is 5.75 Å². The number of likely N-dealkylation sites (tertiary alicyclic amines) is 1. The van der Waals surface area contributed by atoms with Gasteiger partial charge in [0.15, 0.2) is 6.10 Å². The lowest BCUT2D eigenvalue weighted by Crippen LogP contribution is -2.59. The van der Waals surface area contributed by atoms with E-state index in [1.807, 2.05) is 39.6 Å². The number of phenols is 1. The number of carbonyl (C=O) groups excluding carboxylic acids is 4. The van der Waals surface area contributed by atoms with Gasteiger partial charge in [0.1, 0.15) is 22.5 Å². The number of hydrogen-bond acceptors (Lipinski definition) is 11. The quantitative estimate of drug-likeness (QED) is 0.137. The van der Waals surface area contributed by atoms with Gasteiger partial charge in [0.05, 0.1) is 18.6 Å². The summed E-state index contributed by atoms with van der Waals surface area (Å²) >= 11 is 1.14. The number of phenolic OH excluding ortho intramolecular Hbond substituents is 1. The van der Waals surface area contributed by atoms with Crippen molar-refractivity contribution in [2.75, 3.05) is 40.4 Å². The fourth-order valence-corrected chi connectivity index (χ4v) is 7.74. The minimum absolute atomic E-state index is 0.0298. The standard InChI is InChI=1S/C39H59N5O9S/c1-9-24(4)34(42-36(48)31-12-10-11-17-43(31)7)38(49)44(18-19-52-8)32(23(2)3)21-33(53-26(6)45)37-41-30(22-54-37)35(47)40-16-15-28(39(50)51)29-20-27(46)14-13-25(29)5/h13-14,20,22-24,28,31-34,46H,9-12,15-19,21H2,1-8H3,(H,40,47)(H,42,48)(H,50,51)/t24?,28-,31?,32-,33-,34?/m1/s1. The number of carboxylic acid groups (broad SMARTS) is 1. The van der Waals surface area contributed by atoms with Gasteiger partial charge in [0.25, 0.3) is 5.91 Å². The molecule has 300 valence electrons. The molecule has 1 aliphatic rings. The van der Waals surface area contributed by atoms with Crippen LogP contribution in [0.1, 0.15) is 112 Å². The molecule has 0 bridgehead atoms. The molecule has 3 rings (SSSR count). The van der Waals surface area contributed by atoms with E-state index in [1.165, 1.54) is 19.1 Å². The first-order valence-electron chi connectivity index (χ1n) is 18.8. The zero-order chi connectivity index (χ0) is 40.1. The second-order valence-corrected chi connectivity index (χ2v) is 15.5. The number of aromatic nitrogens is 1. The Labute approximate surface area is 323 Å². The Morgan fingerprint density at radius 1 is 1.15 bits per heavy atom. The van der Waals surface area contributed by atoms with E-state index < -0.39 is 42.0 Å². The molecule has 0 saturated carbocycles. The van der Waals surface area contributed by atoms with E-state index in [9.17, 15) is 34.2 Å². The van der Waals surface area contributed by atoms with Gasteiger partial charge in [-0.1, -0.05) is 46.6 Å². The zero-order valence-electron chi connectivity index (χ0n) is 32.9. The summed E-state index contributed by atoms with van der Waals surface area (Å²) in [5, 5.41) is 27.5. The Morgan fingerprint density at radius 3 is 2.48 bits per heavy atom. The second kappa shape index (κ2) is 21.1. The number of aromatic hydroxyl groups is 1. The molecule has 2 heterocycles. The van der Waals surface area contributed by atoms with Gasteiger partial charge in [-0.2, -0.15) is 0 Å². The SMILES string of the molecule is CCC(C)C(NC(=O)C1CCCCN1C)C(=O)N(CCOC)[C@H](C[C@@H](OC(C)=O)c1nc(C(=O)NCC[C@@H](C(=O)O)c2cc(O)ccc2C)cs1)C(C)C. The highest BCUT2D eigenvalue weighted by molar-refractivity contribution is 7.09. The highest BCUT2D eigenvalue weighted by Crippen LogP contribution is 2.32. The molecule has 14 nitrogen and oxygen atoms in total. The average Bonchev–Trinajstić information content (AvgIpc) is 3.62. The van der Waals surface area contributed by atoms with Crippen LogP contribution in [-0.4, -0.2) is 113 Å². The molecule has 4 N–H and O–H groups in total. The number of carbonyl (C=O) groups is 5. The number of aliphatic carboxylic acids is 1. The maximum absolute atomic E-state index is 14.6. The van der Waals surface area contributed by atoms with Gasteiger partial charge in [-0.15, -0.1) is 11.3 Å². The van der Waals surface area contributed by atoms with Crippen molar-refractivity contribution < 1.29 is 43.7 Å². The maximum Gasteiger partial charge on any atom is 0.311 e. The highest BCUT2D eigenvalue weighted by atomic mass is 32.1. The van der Waals surface area contributed by atoms with Gasteiger partial charge in [0, 0.05) is 45.0 Å². The number of aryl methyl sites for hydroxylation is 1. The number of methoxy groups -OCH3 is 1. The third-order valence-electron chi connectivity index (χ3n) is 10.3. The fraction of sp³-hybridized carbons (Fsp3) is 0.641. The number of amides is 3. The van der Waals surface area contributed by atoms with E-state index in [1.54, 1.807) is 30.4 Å². The van der Waals surface area contributed by atoms with E-state index in [4.69, 9.17) is 9.47 Å². The third-order valence-corrected chi connectivity index (χ3v) is 11.2. The molecule has 1 aromatic heterocycles. The smallest absolute Gasteiger partial charge is 0.311 e. The monoisotopic (exact) mass is 773 g/mol. The molecule has 0 spiro atoms. The minimum atomic E-state index is -1.08. The molecule has 1 saturated heterocycles. The second-order valence-electron chi connectivity index (χ2n) is 14.6. The van der Waals surface area contributed by atoms with E-state index in [0.717, 1.165) is 37.1 Å². The average molecular weight is 774 g/mol. The van der Waals surface area contributed by atoms with Crippen LogP contribution < -0.4 is 10.6 Å². The number of likely N-dealkylation sites (N-methyl/N-ethyl adjacent to an activating group) is 1. The molecule has 1 aromatic carbocycles. The van der Waals surface area contributed by atoms with Crippen LogP contribution in [-0.2, 0) is 28.7 Å². The minimum Gasteiger partial charge on any atom is -0.508 e. The Hall–Kier alpha value is -4.08. The number of hydrogen-bond donors (Lipinski definition) is 4. The van der Waals surface area contributed by atoms with E-state index in [-0.39, 0.29) is 73.7 Å². The molecular weight excluding hydrogens is 715 g/mol. The lowest BCUT2D eigenvalue weighted by molar-refractivity contribution is -0.150. The predicted octanol–water partition coefficient (Wildman–Crippen LogP) is 4.65. The molecule has 0 radical (unpaired) electrons. The topological polar surface area (TPSA) is 188 Å². The first-order chi connectivity index (χ1) is 25.6. The molecular formula is C39H59N5O9S. The molecule has 0 aliphatic carbocycles. The number of carboxylic acids is 1. The molecule has 1 aliphatic heterocycles. The van der Waals surface area contributed by atoms with Crippen LogP contribution in [0.5, 0.6) is 5.75 Å². The summed E-state index contributed by atoms with van der Waals surface area (Å²) in [5.41, 5.74) is 1.25. The first kappa shape index (κ1) is 44.3. The van der Waals surface area contributed by atoms with Crippen molar-refractivity contribution in [1.82, 2.24) is 25.4 Å². The number of nitrogens with one attached hydrogen (secondary N) is 2. The van der Waals surface area contributed by atoms with Gasteiger partial charge in [-0.3, -0.25) is 28.9 Å². The fourth-order valence-electron chi connectivity index (χ4n) is 6.90. The van der Waals surface area contributed by atoms with E-state index >= 15 is 0 Å². The van der Waals surface area contributed by atoms with Crippen LogP contribution >= 0.6 is 11.3 Å². The maximum atomic E-state index is 14.6.